The van der Waals surface area contributed by atoms with E-state index in [-0.39, 0.29) is 24.6 Å². The molecule has 1 aromatic carbocycles. The van der Waals surface area contributed by atoms with Crippen molar-refractivity contribution in [2.75, 3.05) is 13.2 Å². The Hall–Kier alpha value is -3.53. The van der Waals surface area contributed by atoms with Crippen LogP contribution in [0.15, 0.2) is 47.8 Å². The highest BCUT2D eigenvalue weighted by molar-refractivity contribution is 8.18. The van der Waals surface area contributed by atoms with E-state index in [1.807, 2.05) is 0 Å². The van der Waals surface area contributed by atoms with Crippen LogP contribution >= 0.6 is 11.8 Å². The summed E-state index contributed by atoms with van der Waals surface area (Å²) in [5, 5.41) is 4.22. The van der Waals surface area contributed by atoms with Gasteiger partial charge in [-0.2, -0.15) is 0 Å². The summed E-state index contributed by atoms with van der Waals surface area (Å²) in [6, 6.07) is 6.66. The number of imide groups is 1. The van der Waals surface area contributed by atoms with Gasteiger partial charge in [-0.05, 0) is 35.5 Å². The van der Waals surface area contributed by atoms with Gasteiger partial charge in [-0.15, -0.1) is 0 Å². The number of amides is 3. The molecular formula is C18H14N4O5S. The lowest BCUT2D eigenvalue weighted by atomic mass is 10.2. The van der Waals surface area contributed by atoms with Crippen molar-refractivity contribution in [3.63, 3.8) is 0 Å². The van der Waals surface area contributed by atoms with E-state index in [0.717, 1.165) is 11.8 Å². The van der Waals surface area contributed by atoms with Crippen LogP contribution < -0.4 is 15.4 Å². The molecule has 0 saturated carbocycles. The van der Waals surface area contributed by atoms with Crippen LogP contribution in [-0.2, 0) is 9.59 Å². The Balaban J connectivity index is 1.46. The topological polar surface area (TPSA) is 127 Å². The summed E-state index contributed by atoms with van der Waals surface area (Å²) in [7, 11) is 0. The number of nitrogens with one attached hydrogen (secondary N) is 2. The molecule has 0 aliphatic carbocycles. The Morgan fingerprint density at radius 2 is 1.96 bits per heavy atom. The molecule has 1 aromatic heterocycles. The van der Waals surface area contributed by atoms with E-state index in [1.165, 1.54) is 18.6 Å². The molecule has 2 heterocycles. The van der Waals surface area contributed by atoms with Gasteiger partial charge in [-0.1, -0.05) is 12.1 Å². The average Bonchev–Trinajstić information content (AvgIpc) is 3.03. The van der Waals surface area contributed by atoms with E-state index in [1.54, 1.807) is 30.3 Å². The number of ketones is 1. The molecule has 0 radical (unpaired) electrons. The molecule has 3 amide bonds. The van der Waals surface area contributed by atoms with Crippen LogP contribution in [0.25, 0.3) is 6.08 Å². The minimum absolute atomic E-state index is 0.122. The monoisotopic (exact) mass is 398 g/mol. The highest BCUT2D eigenvalue weighted by Gasteiger charge is 2.24. The summed E-state index contributed by atoms with van der Waals surface area (Å²) in [5.41, 5.74) is 0.832. The Morgan fingerprint density at radius 1 is 1.18 bits per heavy atom. The van der Waals surface area contributed by atoms with Gasteiger partial charge in [-0.25, -0.2) is 4.98 Å². The molecule has 0 unspecified atom stereocenters. The van der Waals surface area contributed by atoms with Crippen LogP contribution in [0.5, 0.6) is 5.75 Å². The number of hydrogen-bond donors (Lipinski definition) is 2. The third-order valence-electron chi connectivity index (χ3n) is 3.46. The molecular weight excluding hydrogens is 384 g/mol. The number of nitrogens with zero attached hydrogens (tertiary/aromatic N) is 2. The standard InChI is InChI=1S/C18H14N4O5S/c23-12(8-21-16(24)14-9-19-5-6-20-14)10-27-13-3-1-11(2-4-13)7-15-17(25)22-18(26)28-15/h1-7,9H,8,10H2,(H,21,24)(H,22,25,26)/b15-7-. The lowest BCUT2D eigenvalue weighted by Crippen LogP contribution is -2.32. The zero-order chi connectivity index (χ0) is 19.9. The van der Waals surface area contributed by atoms with Crippen LogP contribution in [0, 0.1) is 0 Å². The number of ether oxygens (including phenoxy) is 1. The predicted octanol–water partition coefficient (Wildman–Crippen LogP) is 1.18. The first-order valence-electron chi connectivity index (χ1n) is 8.05. The molecule has 0 spiro atoms. The molecule has 142 valence electrons. The van der Waals surface area contributed by atoms with Crippen molar-refractivity contribution in [1.82, 2.24) is 20.6 Å². The number of carbonyl (C=O) groups excluding carboxylic acids is 4. The fourth-order valence-corrected chi connectivity index (χ4v) is 2.82. The lowest BCUT2D eigenvalue weighted by Gasteiger charge is -2.07. The first-order valence-corrected chi connectivity index (χ1v) is 8.86. The molecule has 1 saturated heterocycles. The summed E-state index contributed by atoms with van der Waals surface area (Å²) in [4.78, 5) is 54.2. The molecule has 28 heavy (non-hydrogen) atoms. The zero-order valence-electron chi connectivity index (χ0n) is 14.4. The second kappa shape index (κ2) is 8.91. The van der Waals surface area contributed by atoms with Crippen molar-refractivity contribution in [3.8, 4) is 5.75 Å². The maximum atomic E-state index is 11.9. The van der Waals surface area contributed by atoms with Crippen molar-refractivity contribution in [1.29, 1.82) is 0 Å². The Bertz CT molecular complexity index is 944. The third kappa shape index (κ3) is 5.24. The lowest BCUT2D eigenvalue weighted by molar-refractivity contribution is -0.120. The zero-order valence-corrected chi connectivity index (χ0v) is 15.2. The van der Waals surface area contributed by atoms with Gasteiger partial charge < -0.3 is 10.1 Å². The largest absolute Gasteiger partial charge is 0.486 e. The van der Waals surface area contributed by atoms with Crippen LogP contribution in [-0.4, -0.2) is 46.0 Å². The van der Waals surface area contributed by atoms with Crippen LogP contribution in [0.2, 0.25) is 0 Å². The number of thioether (sulfide) groups is 1. The molecule has 3 rings (SSSR count). The van der Waals surface area contributed by atoms with Crippen molar-refractivity contribution in [3.05, 3.63) is 59.0 Å². The maximum absolute atomic E-state index is 11.9. The summed E-state index contributed by atoms with van der Waals surface area (Å²) in [5.74, 6) is -0.785. The van der Waals surface area contributed by atoms with Gasteiger partial charge in [0.2, 0.25) is 0 Å². The van der Waals surface area contributed by atoms with Gasteiger partial charge in [-0.3, -0.25) is 29.5 Å². The highest BCUT2D eigenvalue weighted by Crippen LogP contribution is 2.26. The van der Waals surface area contributed by atoms with Crippen LogP contribution in [0.1, 0.15) is 16.1 Å². The third-order valence-corrected chi connectivity index (χ3v) is 4.27. The number of Topliss-reactive ketones (excluding diaryl/α,β-unsaturated/α-hetero) is 1. The van der Waals surface area contributed by atoms with Gasteiger partial charge in [0.05, 0.1) is 17.6 Å². The summed E-state index contributed by atoms with van der Waals surface area (Å²) in [6.45, 7) is -0.409. The normalized spacial score (nSPS) is 14.6. The minimum atomic E-state index is -0.494. The number of hydrogen-bond acceptors (Lipinski definition) is 8. The van der Waals surface area contributed by atoms with E-state index < -0.39 is 17.1 Å². The number of aromatic nitrogens is 2. The van der Waals surface area contributed by atoms with Crippen molar-refractivity contribution in [2.24, 2.45) is 0 Å². The molecule has 0 atom stereocenters. The fourth-order valence-electron chi connectivity index (χ4n) is 2.13. The molecule has 1 aliphatic rings. The van der Waals surface area contributed by atoms with E-state index in [9.17, 15) is 19.2 Å². The van der Waals surface area contributed by atoms with Gasteiger partial charge >= 0.3 is 0 Å². The molecule has 10 heteroatoms. The molecule has 9 nitrogen and oxygen atoms in total. The highest BCUT2D eigenvalue weighted by atomic mass is 32.2. The Morgan fingerprint density at radius 3 is 2.61 bits per heavy atom. The summed E-state index contributed by atoms with van der Waals surface area (Å²) < 4.78 is 5.38. The molecule has 2 N–H and O–H groups in total. The van der Waals surface area contributed by atoms with E-state index >= 15 is 0 Å². The second-order valence-corrected chi connectivity index (χ2v) is 6.54. The fraction of sp³-hybridized carbons (Fsp3) is 0.111. The maximum Gasteiger partial charge on any atom is 0.290 e. The SMILES string of the molecule is O=C(CNC(=O)c1cnccn1)COc1ccc(/C=C2\SC(=O)NC2=O)cc1. The first kappa shape index (κ1) is 19.2. The van der Waals surface area contributed by atoms with Crippen LogP contribution in [0.3, 0.4) is 0 Å². The van der Waals surface area contributed by atoms with Gasteiger partial charge in [0.1, 0.15) is 18.1 Å². The number of benzene rings is 1. The van der Waals surface area contributed by atoms with Crippen molar-refractivity contribution in [2.45, 2.75) is 0 Å². The van der Waals surface area contributed by atoms with Crippen LogP contribution in [0.4, 0.5) is 4.79 Å². The molecule has 1 fully saturated rings. The quantitative estimate of drug-likeness (QED) is 0.666. The second-order valence-electron chi connectivity index (χ2n) is 5.52. The van der Waals surface area contributed by atoms with E-state index in [4.69, 9.17) is 4.74 Å². The van der Waals surface area contributed by atoms with Gasteiger partial charge in [0, 0.05) is 12.4 Å². The van der Waals surface area contributed by atoms with Crippen molar-refractivity contribution >= 4 is 40.7 Å². The van der Waals surface area contributed by atoms with E-state index in [0.29, 0.717) is 16.2 Å². The van der Waals surface area contributed by atoms with Gasteiger partial charge in [0.15, 0.2) is 5.78 Å². The summed E-state index contributed by atoms with van der Waals surface area (Å²) in [6.07, 6.45) is 5.71. The smallest absolute Gasteiger partial charge is 0.290 e. The number of carbonyl (C=O) groups is 4. The van der Waals surface area contributed by atoms with Crippen molar-refractivity contribution < 1.29 is 23.9 Å². The first-order chi connectivity index (χ1) is 13.5. The minimum Gasteiger partial charge on any atom is -0.486 e. The molecule has 1 aliphatic heterocycles. The Labute approximate surface area is 163 Å². The average molecular weight is 398 g/mol. The van der Waals surface area contributed by atoms with Gasteiger partial charge in [0.25, 0.3) is 17.1 Å². The van der Waals surface area contributed by atoms with E-state index in [2.05, 4.69) is 20.6 Å². The molecule has 2 aromatic rings. The Kier molecular flexibility index (Phi) is 6.12. The molecule has 0 bridgehead atoms. The predicted molar refractivity (Wildman–Crippen MR) is 100 cm³/mol. The summed E-state index contributed by atoms with van der Waals surface area (Å²) >= 11 is 0.836. The number of rotatable bonds is 7.